The molecule has 46 heavy (non-hydrogen) atoms. The fourth-order valence-electron chi connectivity index (χ4n) is 7.92. The Morgan fingerprint density at radius 2 is 1.09 bits per heavy atom. The molecule has 0 fully saturated rings. The number of fused-ring (bicyclic) bond motifs is 7. The summed E-state index contributed by atoms with van der Waals surface area (Å²) in [4.78, 5) is 4.95. The predicted octanol–water partition coefficient (Wildman–Crippen LogP) is 9.49. The molecule has 2 aliphatic heterocycles. The second kappa shape index (κ2) is 9.75. The Morgan fingerprint density at radius 1 is 0.457 bits per heavy atom. The average Bonchev–Trinajstić information content (AvgIpc) is 3.47. The van der Waals surface area contributed by atoms with Crippen LogP contribution >= 0.6 is 0 Å². The summed E-state index contributed by atoms with van der Waals surface area (Å²) < 4.78 is 2.53. The summed E-state index contributed by atoms with van der Waals surface area (Å²) in [6, 6.07) is 61.8. The lowest BCUT2D eigenvalue weighted by Crippen LogP contribution is -2.60. The summed E-state index contributed by atoms with van der Waals surface area (Å²) in [5.41, 5.74) is 14.8. The van der Waals surface area contributed by atoms with Gasteiger partial charge in [-0.3, -0.25) is 0 Å². The van der Waals surface area contributed by atoms with Gasteiger partial charge >= 0.3 is 6.85 Å². The quantitative estimate of drug-likeness (QED) is 0.191. The smallest absolute Gasteiger partial charge is 0.333 e. The first-order valence-corrected chi connectivity index (χ1v) is 15.9. The van der Waals surface area contributed by atoms with Gasteiger partial charge in [0, 0.05) is 50.5 Å². The molecule has 0 saturated carbocycles. The van der Waals surface area contributed by atoms with Gasteiger partial charge < -0.3 is 14.3 Å². The molecule has 7 aromatic carbocycles. The summed E-state index contributed by atoms with van der Waals surface area (Å²) in [5, 5.41) is 2.57. The number of hydrogen-bond acceptors (Lipinski definition) is 2. The van der Waals surface area contributed by atoms with Crippen molar-refractivity contribution in [2.24, 2.45) is 0 Å². The summed E-state index contributed by atoms with van der Waals surface area (Å²) >= 11 is 0. The average molecular weight is 586 g/mol. The molecule has 0 bridgehead atoms. The van der Waals surface area contributed by atoms with E-state index in [1.165, 1.54) is 60.9 Å². The number of anilines is 5. The zero-order chi connectivity index (χ0) is 30.2. The lowest BCUT2D eigenvalue weighted by atomic mass is 9.44. The topological polar surface area (TPSA) is 11.4 Å². The van der Waals surface area contributed by atoms with E-state index >= 15 is 0 Å². The Bertz CT molecular complexity index is 2390. The summed E-state index contributed by atoms with van der Waals surface area (Å²) in [5.74, 6) is 0. The minimum Gasteiger partial charge on any atom is -0.376 e. The van der Waals surface area contributed by atoms with Crippen molar-refractivity contribution < 1.29 is 0 Å². The molecule has 0 saturated heterocycles. The highest BCUT2D eigenvalue weighted by Gasteiger charge is 2.44. The molecule has 2 aliphatic rings. The molecule has 0 amide bonds. The second-order valence-electron chi connectivity index (χ2n) is 12.2. The van der Waals surface area contributed by atoms with Gasteiger partial charge in [-0.2, -0.15) is 0 Å². The molecular weight excluding hydrogens is 557 g/mol. The van der Waals surface area contributed by atoms with Crippen LogP contribution in [0.2, 0.25) is 0 Å². The van der Waals surface area contributed by atoms with E-state index in [9.17, 15) is 0 Å². The minimum absolute atomic E-state index is 0.0127. The Morgan fingerprint density at radius 3 is 1.85 bits per heavy atom. The standard InChI is InChI=1S/C42H28BN3/c1-4-15-29(16-5-1)44(30-17-6-2-7-18-30)32-27-36-34-22-11-13-26-39(34)46(31-19-8-3-9-20-31)43-37-24-14-23-35-33-21-10-12-25-38(33)45(42(35)37)40(28-32)41(36)43/h1-28H. The molecule has 0 atom stereocenters. The first kappa shape index (κ1) is 25.3. The molecule has 0 N–H and O–H groups in total. The van der Waals surface area contributed by atoms with Crippen LogP contribution in [0.3, 0.4) is 0 Å². The van der Waals surface area contributed by atoms with Crippen molar-refractivity contribution in [1.82, 2.24) is 4.57 Å². The third-order valence-corrected chi connectivity index (χ3v) is 9.71. The van der Waals surface area contributed by atoms with Crippen LogP contribution in [0.15, 0.2) is 170 Å². The highest BCUT2D eigenvalue weighted by molar-refractivity contribution is 6.93. The molecule has 214 valence electrons. The van der Waals surface area contributed by atoms with Crippen molar-refractivity contribution in [1.29, 1.82) is 0 Å². The zero-order valence-electron chi connectivity index (χ0n) is 25.1. The zero-order valence-corrected chi connectivity index (χ0v) is 25.1. The van der Waals surface area contributed by atoms with Gasteiger partial charge in [0.25, 0.3) is 0 Å². The van der Waals surface area contributed by atoms with Crippen LogP contribution in [0.5, 0.6) is 0 Å². The number of hydrogen-bond donors (Lipinski definition) is 0. The van der Waals surface area contributed by atoms with E-state index in [4.69, 9.17) is 0 Å². The number of para-hydroxylation sites is 6. The van der Waals surface area contributed by atoms with Crippen molar-refractivity contribution in [3.05, 3.63) is 170 Å². The fraction of sp³-hybridized carbons (Fsp3) is 0. The van der Waals surface area contributed by atoms with E-state index in [0.717, 1.165) is 17.1 Å². The normalized spacial score (nSPS) is 12.7. The Balaban J connectivity index is 1.37. The number of aromatic nitrogens is 1. The maximum atomic E-state index is 2.56. The summed E-state index contributed by atoms with van der Waals surface area (Å²) in [6.45, 7) is 0.0127. The summed E-state index contributed by atoms with van der Waals surface area (Å²) in [6.07, 6.45) is 0. The van der Waals surface area contributed by atoms with E-state index in [1.54, 1.807) is 0 Å². The first-order chi connectivity index (χ1) is 22.9. The predicted molar refractivity (Wildman–Crippen MR) is 195 cm³/mol. The molecule has 0 unspecified atom stereocenters. The van der Waals surface area contributed by atoms with Gasteiger partial charge in [-0.05, 0) is 77.2 Å². The first-order valence-electron chi connectivity index (χ1n) is 15.9. The van der Waals surface area contributed by atoms with E-state index in [-0.39, 0.29) is 6.85 Å². The fourth-order valence-corrected chi connectivity index (χ4v) is 7.92. The van der Waals surface area contributed by atoms with E-state index in [0.29, 0.717) is 0 Å². The van der Waals surface area contributed by atoms with Gasteiger partial charge in [-0.25, -0.2) is 0 Å². The van der Waals surface area contributed by atoms with Crippen LogP contribution in [0, 0.1) is 0 Å². The van der Waals surface area contributed by atoms with E-state index < -0.39 is 0 Å². The van der Waals surface area contributed by atoms with Crippen LogP contribution in [-0.4, -0.2) is 11.4 Å². The Hall–Kier alpha value is -6.00. The molecule has 3 heterocycles. The molecule has 10 rings (SSSR count). The molecule has 0 aliphatic carbocycles. The summed E-state index contributed by atoms with van der Waals surface area (Å²) in [7, 11) is 0. The molecule has 8 aromatic rings. The van der Waals surface area contributed by atoms with E-state index in [1.807, 2.05) is 0 Å². The van der Waals surface area contributed by atoms with Gasteiger partial charge in [0.05, 0.1) is 11.0 Å². The molecular formula is C42H28BN3. The number of nitrogens with zero attached hydrogens (tertiary/aromatic N) is 3. The molecule has 0 radical (unpaired) electrons. The van der Waals surface area contributed by atoms with Crippen molar-refractivity contribution in [3.8, 4) is 16.8 Å². The molecule has 0 spiro atoms. The highest BCUT2D eigenvalue weighted by Crippen LogP contribution is 2.46. The van der Waals surface area contributed by atoms with Crippen molar-refractivity contribution >= 4 is 68.0 Å². The number of benzene rings is 7. The van der Waals surface area contributed by atoms with Gasteiger partial charge in [0.2, 0.25) is 0 Å². The SMILES string of the molecule is c1ccc(N2B3c4c(cc(N(c5ccccc5)c5ccccc5)cc4-n4c5ccccc5c5cccc3c54)-c3ccccc32)cc1. The third kappa shape index (κ3) is 3.50. The van der Waals surface area contributed by atoms with Gasteiger partial charge in [-0.1, -0.05) is 109 Å². The van der Waals surface area contributed by atoms with Crippen molar-refractivity contribution in [3.63, 3.8) is 0 Å². The van der Waals surface area contributed by atoms with Crippen LogP contribution < -0.4 is 20.6 Å². The van der Waals surface area contributed by atoms with Crippen LogP contribution in [0.4, 0.5) is 28.4 Å². The van der Waals surface area contributed by atoms with Gasteiger partial charge in [0.15, 0.2) is 0 Å². The maximum Gasteiger partial charge on any atom is 0.333 e. The van der Waals surface area contributed by atoms with Crippen molar-refractivity contribution in [2.75, 3.05) is 9.71 Å². The monoisotopic (exact) mass is 585 g/mol. The van der Waals surface area contributed by atoms with Gasteiger partial charge in [0.1, 0.15) is 0 Å². The number of rotatable bonds is 4. The lowest BCUT2D eigenvalue weighted by molar-refractivity contribution is 1.17. The van der Waals surface area contributed by atoms with E-state index in [2.05, 4.69) is 184 Å². The van der Waals surface area contributed by atoms with Crippen LogP contribution in [0.25, 0.3) is 38.6 Å². The highest BCUT2D eigenvalue weighted by atomic mass is 15.2. The van der Waals surface area contributed by atoms with Crippen LogP contribution in [-0.2, 0) is 0 Å². The third-order valence-electron chi connectivity index (χ3n) is 9.71. The van der Waals surface area contributed by atoms with Crippen molar-refractivity contribution in [2.45, 2.75) is 0 Å². The van der Waals surface area contributed by atoms with Crippen LogP contribution in [0.1, 0.15) is 0 Å². The Kier molecular flexibility index (Phi) is 5.37. The maximum absolute atomic E-state index is 2.56. The molecule has 1 aromatic heterocycles. The largest absolute Gasteiger partial charge is 0.376 e. The second-order valence-corrected chi connectivity index (χ2v) is 12.2. The Labute approximate surface area is 268 Å². The molecule has 3 nitrogen and oxygen atoms in total. The molecule has 4 heteroatoms. The van der Waals surface area contributed by atoms with Gasteiger partial charge in [-0.15, -0.1) is 0 Å². The minimum atomic E-state index is 0.0127. The lowest BCUT2D eigenvalue weighted by Gasteiger charge is -2.42.